The van der Waals surface area contributed by atoms with Gasteiger partial charge in [0.25, 0.3) is 0 Å². The molecule has 0 aliphatic heterocycles. The van der Waals surface area contributed by atoms with Crippen LogP contribution in [0, 0.1) is 7.11 Å². The van der Waals surface area contributed by atoms with E-state index >= 15 is 0 Å². The highest BCUT2D eigenvalue weighted by Crippen LogP contribution is 1.93. The Kier molecular flexibility index (Phi) is 6.68. The SMILES string of the molecule is [CH2-]OCOCC(C)OS(=O)[O-]. The molecular formula is C5H10O5S-2. The molecule has 0 amide bonds. The Morgan fingerprint density at radius 2 is 2.36 bits per heavy atom. The first-order valence-electron chi connectivity index (χ1n) is 2.88. The standard InChI is InChI=1S/C5H11O5S/c1-5(10-11(6)7)3-9-4-8-2/h5H,2-4H2,1H3,(H,6,7)/q-1/p-1. The second kappa shape index (κ2) is 6.68. The molecule has 0 saturated carbocycles. The normalized spacial score (nSPS) is 16.3. The van der Waals surface area contributed by atoms with E-state index in [2.05, 4.69) is 16.0 Å². The van der Waals surface area contributed by atoms with Crippen molar-refractivity contribution in [1.82, 2.24) is 0 Å². The third-order valence-electron chi connectivity index (χ3n) is 0.762. The molecule has 0 aliphatic carbocycles. The summed E-state index contributed by atoms with van der Waals surface area (Å²) in [6.45, 7) is 1.75. The van der Waals surface area contributed by atoms with Crippen molar-refractivity contribution < 1.29 is 22.4 Å². The maximum absolute atomic E-state index is 9.92. The monoisotopic (exact) mass is 182 g/mol. The van der Waals surface area contributed by atoms with Crippen molar-refractivity contribution in [3.63, 3.8) is 0 Å². The zero-order valence-electron chi connectivity index (χ0n) is 6.15. The Morgan fingerprint density at radius 1 is 1.73 bits per heavy atom. The predicted molar refractivity (Wildman–Crippen MR) is 36.7 cm³/mol. The van der Waals surface area contributed by atoms with E-state index in [-0.39, 0.29) is 13.4 Å². The van der Waals surface area contributed by atoms with Gasteiger partial charge in [0.15, 0.2) is 0 Å². The summed E-state index contributed by atoms with van der Waals surface area (Å²) in [7, 11) is 3.06. The highest BCUT2D eigenvalue weighted by atomic mass is 32.2. The molecule has 0 radical (unpaired) electrons. The lowest BCUT2D eigenvalue weighted by Crippen LogP contribution is -2.17. The van der Waals surface area contributed by atoms with Crippen molar-refractivity contribution in [3.05, 3.63) is 7.11 Å². The van der Waals surface area contributed by atoms with Crippen LogP contribution in [0.15, 0.2) is 0 Å². The highest BCUT2D eigenvalue weighted by Gasteiger charge is 2.00. The summed E-state index contributed by atoms with van der Waals surface area (Å²) in [6, 6.07) is 0. The van der Waals surface area contributed by atoms with E-state index in [1.165, 1.54) is 0 Å². The Hall–Kier alpha value is -0.0100. The van der Waals surface area contributed by atoms with E-state index in [1.807, 2.05) is 0 Å². The summed E-state index contributed by atoms with van der Waals surface area (Å²) in [5.41, 5.74) is 0. The summed E-state index contributed by atoms with van der Waals surface area (Å²) in [5.74, 6) is 0. The molecule has 0 rings (SSSR count). The summed E-state index contributed by atoms with van der Waals surface area (Å²) in [5, 5.41) is 0. The van der Waals surface area contributed by atoms with Gasteiger partial charge in [0.05, 0.1) is 24.1 Å². The Balaban J connectivity index is 3.22. The van der Waals surface area contributed by atoms with Crippen LogP contribution in [0.25, 0.3) is 0 Å². The molecule has 0 bridgehead atoms. The number of hydrogen-bond acceptors (Lipinski definition) is 5. The first-order chi connectivity index (χ1) is 5.16. The minimum atomic E-state index is -2.49. The van der Waals surface area contributed by atoms with Gasteiger partial charge >= 0.3 is 0 Å². The van der Waals surface area contributed by atoms with Gasteiger partial charge in [-0.1, -0.05) is 0 Å². The summed E-state index contributed by atoms with van der Waals surface area (Å²) >= 11 is -2.49. The largest absolute Gasteiger partial charge is 0.750 e. The van der Waals surface area contributed by atoms with Crippen molar-refractivity contribution in [2.75, 3.05) is 13.4 Å². The Labute approximate surface area is 68.1 Å². The molecule has 0 heterocycles. The van der Waals surface area contributed by atoms with Crippen molar-refractivity contribution >= 4 is 11.4 Å². The van der Waals surface area contributed by atoms with Crippen LogP contribution in [0.3, 0.4) is 0 Å². The van der Waals surface area contributed by atoms with Gasteiger partial charge < -0.3 is 14.0 Å². The lowest BCUT2D eigenvalue weighted by atomic mass is 10.5. The van der Waals surface area contributed by atoms with Gasteiger partial charge in [0, 0.05) is 0 Å². The van der Waals surface area contributed by atoms with Gasteiger partial charge in [-0.05, 0) is 6.92 Å². The molecule has 0 saturated heterocycles. The minimum absolute atomic E-state index is 0.0270. The molecule has 0 aromatic rings. The summed E-state index contributed by atoms with van der Waals surface area (Å²) in [6.07, 6.45) is -0.497. The molecule has 6 heteroatoms. The molecule has 0 aliphatic rings. The fourth-order valence-corrected chi connectivity index (χ4v) is 0.759. The van der Waals surface area contributed by atoms with Gasteiger partial charge in [-0.25, -0.2) is 11.3 Å². The first-order valence-corrected chi connectivity index (χ1v) is 3.88. The minimum Gasteiger partial charge on any atom is -0.750 e. The second-order valence-corrected chi connectivity index (χ2v) is 2.40. The van der Waals surface area contributed by atoms with E-state index in [9.17, 15) is 8.76 Å². The van der Waals surface area contributed by atoms with Crippen LogP contribution in [-0.2, 0) is 25.0 Å². The van der Waals surface area contributed by atoms with Gasteiger partial charge in [-0.15, -0.1) is 0 Å². The van der Waals surface area contributed by atoms with E-state index < -0.39 is 17.5 Å². The smallest absolute Gasteiger partial charge is 0.116 e. The second-order valence-electron chi connectivity index (χ2n) is 1.80. The van der Waals surface area contributed by atoms with Crippen LogP contribution < -0.4 is 0 Å². The molecule has 2 unspecified atom stereocenters. The average molecular weight is 182 g/mol. The van der Waals surface area contributed by atoms with Crippen LogP contribution in [0.4, 0.5) is 0 Å². The fraction of sp³-hybridized carbons (Fsp3) is 0.800. The molecule has 0 N–H and O–H groups in total. The molecule has 0 aromatic heterocycles. The van der Waals surface area contributed by atoms with Gasteiger partial charge in [-0.3, -0.25) is 4.18 Å². The molecule has 0 aromatic carbocycles. The maximum atomic E-state index is 9.92. The van der Waals surface area contributed by atoms with E-state index in [0.29, 0.717) is 0 Å². The third kappa shape index (κ3) is 7.89. The zero-order valence-corrected chi connectivity index (χ0v) is 6.96. The van der Waals surface area contributed by atoms with Gasteiger partial charge in [-0.2, -0.15) is 0 Å². The zero-order chi connectivity index (χ0) is 8.69. The molecule has 2 atom stereocenters. The van der Waals surface area contributed by atoms with Crippen molar-refractivity contribution in [2.24, 2.45) is 0 Å². The number of rotatable bonds is 6. The van der Waals surface area contributed by atoms with Crippen LogP contribution in [0.2, 0.25) is 0 Å². The van der Waals surface area contributed by atoms with Gasteiger partial charge in [0.2, 0.25) is 0 Å². The fourth-order valence-electron chi connectivity index (χ4n) is 0.435. The molecule has 11 heavy (non-hydrogen) atoms. The first kappa shape index (κ1) is 11.0. The van der Waals surface area contributed by atoms with Crippen molar-refractivity contribution in [2.45, 2.75) is 13.0 Å². The van der Waals surface area contributed by atoms with Crippen molar-refractivity contribution in [1.29, 1.82) is 0 Å². The number of ether oxygens (including phenoxy) is 2. The Morgan fingerprint density at radius 3 is 2.82 bits per heavy atom. The van der Waals surface area contributed by atoms with E-state index in [1.54, 1.807) is 6.92 Å². The molecule has 68 valence electrons. The van der Waals surface area contributed by atoms with Crippen LogP contribution >= 0.6 is 0 Å². The molecule has 0 spiro atoms. The topological polar surface area (TPSA) is 67.8 Å². The molecule has 0 fully saturated rings. The maximum Gasteiger partial charge on any atom is 0.116 e. The summed E-state index contributed by atoms with van der Waals surface area (Å²) in [4.78, 5) is 0. The van der Waals surface area contributed by atoms with Gasteiger partial charge in [0.1, 0.15) is 6.79 Å². The van der Waals surface area contributed by atoms with Crippen LogP contribution in [-0.4, -0.2) is 28.3 Å². The predicted octanol–water partition coefficient (Wildman–Crippen LogP) is -0.0321. The van der Waals surface area contributed by atoms with Crippen molar-refractivity contribution in [3.8, 4) is 0 Å². The Bertz CT molecular complexity index is 117. The van der Waals surface area contributed by atoms with Crippen LogP contribution in [0.5, 0.6) is 0 Å². The van der Waals surface area contributed by atoms with Crippen LogP contribution in [0.1, 0.15) is 6.92 Å². The number of hydrogen-bond donors (Lipinski definition) is 0. The van der Waals surface area contributed by atoms with E-state index in [0.717, 1.165) is 0 Å². The molecular weight excluding hydrogens is 172 g/mol. The lowest BCUT2D eigenvalue weighted by Gasteiger charge is -2.14. The average Bonchev–Trinajstić information content (AvgIpc) is 1.86. The highest BCUT2D eigenvalue weighted by molar-refractivity contribution is 7.74. The third-order valence-corrected chi connectivity index (χ3v) is 1.25. The lowest BCUT2D eigenvalue weighted by molar-refractivity contribution is -0.0399. The quantitative estimate of drug-likeness (QED) is 0.250. The summed E-state index contributed by atoms with van der Waals surface area (Å²) < 4.78 is 33.2. The molecule has 5 nitrogen and oxygen atoms in total. The van der Waals surface area contributed by atoms with E-state index in [4.69, 9.17) is 4.74 Å².